The lowest BCUT2D eigenvalue weighted by atomic mass is 10.0. The summed E-state index contributed by atoms with van der Waals surface area (Å²) in [6, 6.07) is 5.52. The maximum absolute atomic E-state index is 12.2. The van der Waals surface area contributed by atoms with E-state index in [1.165, 1.54) is 18.3 Å². The van der Waals surface area contributed by atoms with Crippen LogP contribution >= 0.6 is 0 Å². The van der Waals surface area contributed by atoms with E-state index >= 15 is 0 Å². The zero-order valence-corrected chi connectivity index (χ0v) is 10.5. The molecule has 0 fully saturated rings. The Bertz CT molecular complexity index is 656. The van der Waals surface area contributed by atoms with Crippen LogP contribution in [0.4, 0.5) is 13.2 Å². The fraction of sp³-hybridized carbons (Fsp3) is 0.231. The molecule has 1 aromatic carbocycles. The number of alkyl halides is 3. The number of nitrogens with zero attached hydrogens (tertiary/aromatic N) is 3. The number of rotatable bonds is 3. The first-order valence-electron chi connectivity index (χ1n) is 5.75. The molecule has 0 aliphatic heterocycles. The van der Waals surface area contributed by atoms with Crippen molar-refractivity contribution in [1.82, 2.24) is 9.78 Å². The Morgan fingerprint density at radius 2 is 2.15 bits per heavy atom. The van der Waals surface area contributed by atoms with E-state index in [2.05, 4.69) is 9.84 Å². The van der Waals surface area contributed by atoms with Crippen LogP contribution in [0.1, 0.15) is 12.5 Å². The maximum atomic E-state index is 12.2. The molecule has 0 N–H and O–H groups in total. The topological polar surface area (TPSA) is 50.8 Å². The van der Waals surface area contributed by atoms with Gasteiger partial charge in [-0.1, -0.05) is 0 Å². The highest BCUT2D eigenvalue weighted by Crippen LogP contribution is 2.30. The molecule has 0 radical (unpaired) electrons. The van der Waals surface area contributed by atoms with Crippen LogP contribution in [0.15, 0.2) is 30.6 Å². The number of benzene rings is 1. The molecule has 0 saturated carbocycles. The molecule has 2 rings (SSSR count). The van der Waals surface area contributed by atoms with Gasteiger partial charge in [-0.05, 0) is 25.1 Å². The molecule has 104 valence electrons. The predicted octanol–water partition coefficient (Wildman–Crippen LogP) is 3.34. The van der Waals surface area contributed by atoms with Crippen LogP contribution in [0.3, 0.4) is 0 Å². The van der Waals surface area contributed by atoms with Crippen LogP contribution in [0, 0.1) is 11.3 Å². The number of nitriles is 1. The second kappa shape index (κ2) is 5.25. The van der Waals surface area contributed by atoms with E-state index in [0.29, 0.717) is 17.7 Å². The van der Waals surface area contributed by atoms with Gasteiger partial charge in [0.05, 0.1) is 17.8 Å². The number of halogens is 3. The minimum absolute atomic E-state index is 0.259. The number of aromatic nitrogens is 2. The lowest BCUT2D eigenvalue weighted by molar-refractivity contribution is -0.274. The molecular formula is C13H10F3N3O. The minimum Gasteiger partial charge on any atom is -0.406 e. The molecule has 7 heteroatoms. The SMILES string of the molecule is CCn1cc(-c2cc(OC(F)(F)F)ccc2C#N)cn1. The molecule has 0 atom stereocenters. The van der Waals surface area contributed by atoms with Crippen molar-refractivity contribution in [3.63, 3.8) is 0 Å². The molecule has 20 heavy (non-hydrogen) atoms. The van der Waals surface area contributed by atoms with E-state index in [1.807, 2.05) is 13.0 Å². The standard InChI is InChI=1S/C13H10F3N3O/c1-2-19-8-10(7-18-19)12-5-11(20-13(14,15)16)4-3-9(12)6-17/h3-5,7-8H,2H2,1H3. The van der Waals surface area contributed by atoms with Crippen LogP contribution in [0.25, 0.3) is 11.1 Å². The van der Waals surface area contributed by atoms with Crippen LogP contribution in [0.5, 0.6) is 5.75 Å². The summed E-state index contributed by atoms with van der Waals surface area (Å²) in [5, 5.41) is 13.1. The van der Waals surface area contributed by atoms with Gasteiger partial charge in [-0.25, -0.2) is 0 Å². The monoisotopic (exact) mass is 281 g/mol. The Balaban J connectivity index is 2.44. The van der Waals surface area contributed by atoms with Gasteiger partial charge in [0.1, 0.15) is 5.75 Å². The molecule has 2 aromatic rings. The van der Waals surface area contributed by atoms with Gasteiger partial charge in [-0.3, -0.25) is 4.68 Å². The van der Waals surface area contributed by atoms with Crippen molar-refractivity contribution in [2.45, 2.75) is 19.8 Å². The van der Waals surface area contributed by atoms with Crippen molar-refractivity contribution in [3.05, 3.63) is 36.2 Å². The molecule has 1 aromatic heterocycles. The van der Waals surface area contributed by atoms with Crippen LogP contribution in [-0.2, 0) is 6.54 Å². The predicted molar refractivity (Wildman–Crippen MR) is 64.7 cm³/mol. The van der Waals surface area contributed by atoms with Gasteiger partial charge in [0.2, 0.25) is 0 Å². The molecule has 0 spiro atoms. The summed E-state index contributed by atoms with van der Waals surface area (Å²) in [6.45, 7) is 2.51. The third-order valence-corrected chi connectivity index (χ3v) is 2.61. The minimum atomic E-state index is -4.76. The number of aryl methyl sites for hydroxylation is 1. The quantitative estimate of drug-likeness (QED) is 0.867. The normalized spacial score (nSPS) is 11.2. The molecule has 0 bridgehead atoms. The van der Waals surface area contributed by atoms with E-state index in [4.69, 9.17) is 5.26 Å². The van der Waals surface area contributed by atoms with E-state index in [0.717, 1.165) is 6.07 Å². The Hall–Kier alpha value is -2.49. The van der Waals surface area contributed by atoms with Crippen molar-refractivity contribution >= 4 is 0 Å². The Kier molecular flexibility index (Phi) is 3.66. The summed E-state index contributed by atoms with van der Waals surface area (Å²) < 4.78 is 42.1. The first-order chi connectivity index (χ1) is 9.43. The van der Waals surface area contributed by atoms with E-state index in [-0.39, 0.29) is 11.3 Å². The van der Waals surface area contributed by atoms with Gasteiger partial charge in [-0.15, -0.1) is 13.2 Å². The summed E-state index contributed by atoms with van der Waals surface area (Å²) in [5.41, 5.74) is 1.18. The molecule has 0 aliphatic carbocycles. The van der Waals surface area contributed by atoms with Gasteiger partial charge in [0, 0.05) is 23.9 Å². The molecule has 0 saturated heterocycles. The smallest absolute Gasteiger partial charge is 0.406 e. The summed E-state index contributed by atoms with van der Waals surface area (Å²) in [5.74, 6) is -0.365. The van der Waals surface area contributed by atoms with Gasteiger partial charge in [0.15, 0.2) is 0 Å². The fourth-order valence-electron chi connectivity index (χ4n) is 1.73. The third kappa shape index (κ3) is 3.09. The Labute approximate surface area is 113 Å². The molecule has 1 heterocycles. The zero-order valence-electron chi connectivity index (χ0n) is 10.5. The first kappa shape index (κ1) is 13.9. The average molecular weight is 281 g/mol. The second-order valence-corrected chi connectivity index (χ2v) is 3.95. The Morgan fingerprint density at radius 1 is 1.40 bits per heavy atom. The highest BCUT2D eigenvalue weighted by Gasteiger charge is 2.31. The van der Waals surface area contributed by atoms with E-state index in [9.17, 15) is 13.2 Å². The van der Waals surface area contributed by atoms with Crippen molar-refractivity contribution in [1.29, 1.82) is 5.26 Å². The zero-order chi connectivity index (χ0) is 14.8. The highest BCUT2D eigenvalue weighted by atomic mass is 19.4. The van der Waals surface area contributed by atoms with Crippen molar-refractivity contribution in [2.75, 3.05) is 0 Å². The highest BCUT2D eigenvalue weighted by molar-refractivity contribution is 5.71. The molecular weight excluding hydrogens is 271 g/mol. The van der Waals surface area contributed by atoms with Crippen LogP contribution < -0.4 is 4.74 Å². The third-order valence-electron chi connectivity index (χ3n) is 2.61. The van der Waals surface area contributed by atoms with Gasteiger partial charge in [0.25, 0.3) is 0 Å². The largest absolute Gasteiger partial charge is 0.573 e. The Morgan fingerprint density at radius 3 is 2.70 bits per heavy atom. The summed E-state index contributed by atoms with van der Waals surface area (Å²) in [7, 11) is 0. The summed E-state index contributed by atoms with van der Waals surface area (Å²) in [4.78, 5) is 0. The number of ether oxygens (including phenoxy) is 1. The van der Waals surface area contributed by atoms with Crippen molar-refractivity contribution in [3.8, 4) is 22.9 Å². The first-order valence-corrected chi connectivity index (χ1v) is 5.75. The van der Waals surface area contributed by atoms with Gasteiger partial charge >= 0.3 is 6.36 Å². The molecule has 4 nitrogen and oxygen atoms in total. The van der Waals surface area contributed by atoms with Crippen molar-refractivity contribution < 1.29 is 17.9 Å². The van der Waals surface area contributed by atoms with E-state index in [1.54, 1.807) is 10.9 Å². The average Bonchev–Trinajstić information content (AvgIpc) is 2.85. The second-order valence-electron chi connectivity index (χ2n) is 3.95. The van der Waals surface area contributed by atoms with Crippen molar-refractivity contribution in [2.24, 2.45) is 0 Å². The molecule has 0 unspecified atom stereocenters. The number of hydrogen-bond acceptors (Lipinski definition) is 3. The van der Waals surface area contributed by atoms with Gasteiger partial charge < -0.3 is 4.74 Å². The lowest BCUT2D eigenvalue weighted by Gasteiger charge is -2.10. The van der Waals surface area contributed by atoms with Crippen LogP contribution in [-0.4, -0.2) is 16.1 Å². The van der Waals surface area contributed by atoms with E-state index < -0.39 is 6.36 Å². The number of hydrogen-bond donors (Lipinski definition) is 0. The fourth-order valence-corrected chi connectivity index (χ4v) is 1.73. The van der Waals surface area contributed by atoms with Gasteiger partial charge in [-0.2, -0.15) is 10.4 Å². The molecule has 0 amide bonds. The molecule has 0 aliphatic rings. The maximum Gasteiger partial charge on any atom is 0.573 e. The lowest BCUT2D eigenvalue weighted by Crippen LogP contribution is -2.17. The van der Waals surface area contributed by atoms with Crippen LogP contribution in [0.2, 0.25) is 0 Å². The summed E-state index contributed by atoms with van der Waals surface area (Å²) >= 11 is 0. The summed E-state index contributed by atoms with van der Waals surface area (Å²) in [6.07, 6.45) is -1.61.